The first-order valence-electron chi connectivity index (χ1n) is 7.11. The molecule has 1 aliphatic carbocycles. The number of aliphatic hydroxyl groups excluding tert-OH is 1. The Morgan fingerprint density at radius 3 is 2.90 bits per heavy atom. The number of carbonyl (C=O) groups excluding carboxylic acids is 1. The van der Waals surface area contributed by atoms with Crippen LogP contribution in [0.2, 0.25) is 0 Å². The maximum Gasteiger partial charge on any atom is 0.252 e. The van der Waals surface area contributed by atoms with E-state index in [-0.39, 0.29) is 18.6 Å². The smallest absolute Gasteiger partial charge is 0.252 e. The first-order valence-corrected chi connectivity index (χ1v) is 7.11. The van der Waals surface area contributed by atoms with Gasteiger partial charge in [-0.15, -0.1) is 0 Å². The molecule has 0 saturated heterocycles. The molecule has 1 saturated carbocycles. The van der Waals surface area contributed by atoms with Gasteiger partial charge < -0.3 is 10.4 Å². The molecular weight excluding hydrogens is 250 g/mol. The summed E-state index contributed by atoms with van der Waals surface area (Å²) in [6.45, 7) is 3.80. The maximum atomic E-state index is 12.3. The zero-order chi connectivity index (χ0) is 14.5. The number of benzene rings is 1. The van der Waals surface area contributed by atoms with E-state index in [1.54, 1.807) is 6.07 Å². The second-order valence-corrected chi connectivity index (χ2v) is 5.56. The molecule has 1 amide bonds. The molecule has 0 heterocycles. The van der Waals surface area contributed by atoms with Gasteiger partial charge in [-0.2, -0.15) is 0 Å². The molecule has 20 heavy (non-hydrogen) atoms. The Hall–Kier alpha value is -1.79. The average Bonchev–Trinajstić information content (AvgIpc) is 3.19. The number of amides is 1. The van der Waals surface area contributed by atoms with Gasteiger partial charge in [-0.1, -0.05) is 30.7 Å². The lowest BCUT2D eigenvalue weighted by Crippen LogP contribution is -2.33. The van der Waals surface area contributed by atoms with Gasteiger partial charge in [-0.25, -0.2) is 0 Å². The van der Waals surface area contributed by atoms with E-state index >= 15 is 0 Å². The van der Waals surface area contributed by atoms with E-state index in [1.807, 2.05) is 26.0 Å². The van der Waals surface area contributed by atoms with Crippen LogP contribution in [0.15, 0.2) is 18.2 Å². The van der Waals surface area contributed by atoms with Crippen molar-refractivity contribution in [3.63, 3.8) is 0 Å². The third-order valence-electron chi connectivity index (χ3n) is 3.48. The summed E-state index contributed by atoms with van der Waals surface area (Å²) in [5.41, 5.74) is 2.31. The van der Waals surface area contributed by atoms with Crippen molar-refractivity contribution in [3.8, 4) is 11.8 Å². The minimum absolute atomic E-state index is 0.0830. The van der Waals surface area contributed by atoms with Crippen LogP contribution in [0.3, 0.4) is 0 Å². The Kier molecular flexibility index (Phi) is 4.81. The lowest BCUT2D eigenvalue weighted by molar-refractivity contribution is 0.0937. The molecule has 3 nitrogen and oxygen atoms in total. The molecule has 0 spiro atoms. The van der Waals surface area contributed by atoms with Crippen molar-refractivity contribution in [2.24, 2.45) is 5.92 Å². The van der Waals surface area contributed by atoms with Crippen molar-refractivity contribution in [2.75, 3.05) is 6.61 Å². The molecule has 2 N–H and O–H groups in total. The van der Waals surface area contributed by atoms with Gasteiger partial charge >= 0.3 is 0 Å². The zero-order valence-corrected chi connectivity index (χ0v) is 12.1. The lowest BCUT2D eigenvalue weighted by Gasteiger charge is -2.14. The van der Waals surface area contributed by atoms with Crippen molar-refractivity contribution >= 4 is 5.91 Å². The number of rotatable bonds is 4. The third-order valence-corrected chi connectivity index (χ3v) is 3.48. The summed E-state index contributed by atoms with van der Waals surface area (Å²) in [6, 6.07) is 5.78. The highest BCUT2D eigenvalue weighted by molar-refractivity contribution is 5.97. The SMILES string of the molecule is Cc1ccc(C(=O)NC(C)CC2CC2)c(C#CCO)c1. The molecule has 1 aromatic carbocycles. The fourth-order valence-electron chi connectivity index (χ4n) is 2.31. The molecular formula is C17H21NO2. The third kappa shape index (κ3) is 4.11. The van der Waals surface area contributed by atoms with E-state index in [4.69, 9.17) is 5.11 Å². The molecule has 1 aromatic rings. The summed E-state index contributed by atoms with van der Waals surface area (Å²) in [7, 11) is 0. The van der Waals surface area contributed by atoms with Gasteiger partial charge in [-0.05, 0) is 43.9 Å². The Bertz CT molecular complexity index is 550. The average molecular weight is 271 g/mol. The molecule has 0 aromatic heterocycles. The Balaban J connectivity index is 2.11. The standard InChI is InChI=1S/C17H21NO2/c1-12-5-8-16(15(10-12)4-3-9-19)17(20)18-13(2)11-14-6-7-14/h5,8,10,13-14,19H,6-7,9,11H2,1-2H3,(H,18,20). The minimum atomic E-state index is -0.201. The second-order valence-electron chi connectivity index (χ2n) is 5.56. The molecule has 0 aliphatic heterocycles. The largest absolute Gasteiger partial charge is 0.384 e. The second kappa shape index (κ2) is 6.58. The molecule has 106 valence electrons. The van der Waals surface area contributed by atoms with Crippen molar-refractivity contribution in [2.45, 2.75) is 39.2 Å². The topological polar surface area (TPSA) is 49.3 Å². The van der Waals surface area contributed by atoms with E-state index in [2.05, 4.69) is 17.2 Å². The Labute approximate surface area is 120 Å². The number of carbonyl (C=O) groups is 1. The fourth-order valence-corrected chi connectivity index (χ4v) is 2.31. The fraction of sp³-hybridized carbons (Fsp3) is 0.471. The number of hydrogen-bond donors (Lipinski definition) is 2. The van der Waals surface area contributed by atoms with Gasteiger partial charge in [0.25, 0.3) is 5.91 Å². The minimum Gasteiger partial charge on any atom is -0.384 e. The first-order chi connectivity index (χ1) is 9.60. The van der Waals surface area contributed by atoms with E-state index in [9.17, 15) is 4.79 Å². The molecule has 0 radical (unpaired) electrons. The predicted molar refractivity (Wildman–Crippen MR) is 79.4 cm³/mol. The van der Waals surface area contributed by atoms with Crippen LogP contribution in [0, 0.1) is 24.7 Å². The maximum absolute atomic E-state index is 12.3. The number of aryl methyl sites for hydroxylation is 1. The van der Waals surface area contributed by atoms with E-state index in [1.165, 1.54) is 12.8 Å². The van der Waals surface area contributed by atoms with Crippen LogP contribution in [0.25, 0.3) is 0 Å². The Morgan fingerprint density at radius 1 is 1.50 bits per heavy atom. The van der Waals surface area contributed by atoms with Crippen LogP contribution in [0.4, 0.5) is 0 Å². The van der Waals surface area contributed by atoms with Gasteiger partial charge in [0.05, 0.1) is 5.56 Å². The highest BCUT2D eigenvalue weighted by Crippen LogP contribution is 2.33. The lowest BCUT2D eigenvalue weighted by atomic mass is 10.0. The number of hydrogen-bond acceptors (Lipinski definition) is 2. The summed E-state index contributed by atoms with van der Waals surface area (Å²) in [5, 5.41) is 11.8. The number of aliphatic hydroxyl groups is 1. The molecule has 0 bridgehead atoms. The quantitative estimate of drug-likeness (QED) is 0.825. The van der Waals surface area contributed by atoms with Crippen molar-refractivity contribution < 1.29 is 9.90 Å². The summed E-state index contributed by atoms with van der Waals surface area (Å²) < 4.78 is 0. The summed E-state index contributed by atoms with van der Waals surface area (Å²) in [4.78, 5) is 12.3. The van der Waals surface area contributed by atoms with Crippen LogP contribution in [-0.4, -0.2) is 23.7 Å². The van der Waals surface area contributed by atoms with Crippen molar-refractivity contribution in [1.82, 2.24) is 5.32 Å². The van der Waals surface area contributed by atoms with Gasteiger partial charge in [0.15, 0.2) is 0 Å². The predicted octanol–water partition coefficient (Wildman–Crippen LogP) is 2.26. The summed E-state index contributed by atoms with van der Waals surface area (Å²) >= 11 is 0. The van der Waals surface area contributed by atoms with E-state index < -0.39 is 0 Å². The molecule has 1 unspecified atom stereocenters. The van der Waals surface area contributed by atoms with Crippen LogP contribution in [0.1, 0.15) is 47.7 Å². The summed E-state index contributed by atoms with van der Waals surface area (Å²) in [5.74, 6) is 6.16. The van der Waals surface area contributed by atoms with Crippen LogP contribution < -0.4 is 5.32 Å². The molecule has 1 fully saturated rings. The Morgan fingerprint density at radius 2 is 2.25 bits per heavy atom. The summed E-state index contributed by atoms with van der Waals surface area (Å²) in [6.07, 6.45) is 3.63. The zero-order valence-electron chi connectivity index (χ0n) is 12.1. The first kappa shape index (κ1) is 14.6. The van der Waals surface area contributed by atoms with E-state index in [0.717, 1.165) is 17.9 Å². The van der Waals surface area contributed by atoms with E-state index in [0.29, 0.717) is 11.1 Å². The van der Waals surface area contributed by atoms with Gasteiger partial charge in [0.1, 0.15) is 6.61 Å². The molecule has 1 atom stereocenters. The van der Waals surface area contributed by atoms with Gasteiger partial charge in [-0.3, -0.25) is 4.79 Å². The molecule has 2 rings (SSSR count). The van der Waals surface area contributed by atoms with Gasteiger partial charge in [0, 0.05) is 11.6 Å². The van der Waals surface area contributed by atoms with Gasteiger partial charge in [0.2, 0.25) is 0 Å². The van der Waals surface area contributed by atoms with Crippen molar-refractivity contribution in [3.05, 3.63) is 34.9 Å². The van der Waals surface area contributed by atoms with Crippen LogP contribution in [0.5, 0.6) is 0 Å². The van der Waals surface area contributed by atoms with Crippen molar-refractivity contribution in [1.29, 1.82) is 0 Å². The number of nitrogens with one attached hydrogen (secondary N) is 1. The normalized spacial score (nSPS) is 15.2. The van der Waals surface area contributed by atoms with Crippen LogP contribution in [-0.2, 0) is 0 Å². The molecule has 3 heteroatoms. The van der Waals surface area contributed by atoms with Crippen LogP contribution >= 0.6 is 0 Å². The highest BCUT2D eigenvalue weighted by Gasteiger charge is 2.24. The highest BCUT2D eigenvalue weighted by atomic mass is 16.2. The molecule has 1 aliphatic rings. The monoisotopic (exact) mass is 271 g/mol.